The number of hydrogen-bond donors (Lipinski definition) is 1. The van der Waals surface area contributed by atoms with Gasteiger partial charge in [-0.2, -0.15) is 0 Å². The highest BCUT2D eigenvalue weighted by molar-refractivity contribution is 7.13. The molecule has 2 N–H and O–H groups in total. The Morgan fingerprint density at radius 2 is 2.28 bits per heavy atom. The molecule has 0 radical (unpaired) electrons. The van der Waals surface area contributed by atoms with Crippen LogP contribution in [0.4, 0.5) is 0 Å². The van der Waals surface area contributed by atoms with Crippen molar-refractivity contribution in [3.8, 4) is 10.6 Å². The fourth-order valence-electron chi connectivity index (χ4n) is 2.94. The number of rotatable bonds is 4. The van der Waals surface area contributed by atoms with Crippen molar-refractivity contribution < 1.29 is 4.79 Å². The number of carbonyl (C=O) groups excluding carboxylic acids is 1. The second-order valence-corrected chi connectivity index (χ2v) is 7.02. The number of thiazole rings is 1. The molecular formula is C17H24Cl2N4OS. The van der Waals surface area contributed by atoms with E-state index in [4.69, 9.17) is 5.73 Å². The van der Waals surface area contributed by atoms with Crippen molar-refractivity contribution in [3.63, 3.8) is 0 Å². The summed E-state index contributed by atoms with van der Waals surface area (Å²) in [5.74, 6) is 0.562. The molecule has 2 atom stereocenters. The van der Waals surface area contributed by atoms with Crippen molar-refractivity contribution in [2.24, 2.45) is 11.7 Å². The molecule has 2 aromatic rings. The van der Waals surface area contributed by atoms with Crippen LogP contribution < -0.4 is 5.73 Å². The Balaban J connectivity index is 0.00000156. The summed E-state index contributed by atoms with van der Waals surface area (Å²) in [5.41, 5.74) is 7.82. The Morgan fingerprint density at radius 1 is 1.48 bits per heavy atom. The zero-order valence-electron chi connectivity index (χ0n) is 14.1. The molecular weight excluding hydrogens is 379 g/mol. The first kappa shape index (κ1) is 21.8. The summed E-state index contributed by atoms with van der Waals surface area (Å²) < 4.78 is 0. The van der Waals surface area contributed by atoms with Crippen molar-refractivity contribution in [2.45, 2.75) is 32.2 Å². The number of hydrogen-bond acceptors (Lipinski definition) is 5. The van der Waals surface area contributed by atoms with E-state index in [1.807, 2.05) is 29.3 Å². The highest BCUT2D eigenvalue weighted by atomic mass is 35.5. The van der Waals surface area contributed by atoms with E-state index in [0.717, 1.165) is 42.2 Å². The van der Waals surface area contributed by atoms with Gasteiger partial charge in [0.05, 0.1) is 12.1 Å². The fourth-order valence-corrected chi connectivity index (χ4v) is 3.75. The Bertz CT molecular complexity index is 666. The largest absolute Gasteiger partial charge is 0.342 e. The van der Waals surface area contributed by atoms with E-state index in [1.54, 1.807) is 23.7 Å². The zero-order chi connectivity index (χ0) is 16.2. The van der Waals surface area contributed by atoms with Gasteiger partial charge in [-0.3, -0.25) is 9.78 Å². The van der Waals surface area contributed by atoms with Crippen LogP contribution in [0.5, 0.6) is 0 Å². The van der Waals surface area contributed by atoms with Crippen LogP contribution in [-0.4, -0.2) is 39.9 Å². The van der Waals surface area contributed by atoms with Crippen molar-refractivity contribution in [1.82, 2.24) is 14.9 Å². The summed E-state index contributed by atoms with van der Waals surface area (Å²) >= 11 is 1.55. The highest BCUT2D eigenvalue weighted by Crippen LogP contribution is 2.24. The van der Waals surface area contributed by atoms with Crippen LogP contribution in [0.2, 0.25) is 0 Å². The fraction of sp³-hybridized carbons (Fsp3) is 0.471. The van der Waals surface area contributed by atoms with Gasteiger partial charge in [0.25, 0.3) is 0 Å². The predicted molar refractivity (Wildman–Crippen MR) is 106 cm³/mol. The van der Waals surface area contributed by atoms with E-state index in [1.165, 1.54) is 0 Å². The zero-order valence-corrected chi connectivity index (χ0v) is 16.6. The number of piperidine rings is 1. The molecule has 0 bridgehead atoms. The van der Waals surface area contributed by atoms with Crippen LogP contribution in [0.25, 0.3) is 10.6 Å². The number of carbonyl (C=O) groups is 1. The average molecular weight is 403 g/mol. The maximum Gasteiger partial charge on any atom is 0.228 e. The van der Waals surface area contributed by atoms with Crippen molar-refractivity contribution in [2.75, 3.05) is 13.1 Å². The molecule has 2 unspecified atom stereocenters. The van der Waals surface area contributed by atoms with Crippen LogP contribution in [0.1, 0.15) is 25.5 Å². The second kappa shape index (κ2) is 10.1. The van der Waals surface area contributed by atoms with E-state index in [-0.39, 0.29) is 36.8 Å². The third-order valence-electron chi connectivity index (χ3n) is 4.35. The predicted octanol–water partition coefficient (Wildman–Crippen LogP) is 3.18. The molecule has 25 heavy (non-hydrogen) atoms. The lowest BCUT2D eigenvalue weighted by molar-refractivity contribution is -0.132. The summed E-state index contributed by atoms with van der Waals surface area (Å²) in [6, 6.07) is 4.01. The number of aromatic nitrogens is 2. The number of halogens is 2. The van der Waals surface area contributed by atoms with Crippen LogP contribution in [0, 0.1) is 5.92 Å². The van der Waals surface area contributed by atoms with Gasteiger partial charge in [0.15, 0.2) is 0 Å². The molecule has 1 aliphatic rings. The summed E-state index contributed by atoms with van der Waals surface area (Å²) in [6.45, 7) is 3.64. The maximum absolute atomic E-state index is 12.5. The Labute approximate surface area is 164 Å². The van der Waals surface area contributed by atoms with Gasteiger partial charge in [0, 0.05) is 42.5 Å². The number of amides is 1. The monoisotopic (exact) mass is 402 g/mol. The number of nitrogens with zero attached hydrogens (tertiary/aromatic N) is 3. The molecule has 3 heterocycles. The van der Waals surface area contributed by atoms with Gasteiger partial charge in [-0.1, -0.05) is 0 Å². The molecule has 138 valence electrons. The minimum atomic E-state index is 0. The van der Waals surface area contributed by atoms with Gasteiger partial charge < -0.3 is 10.6 Å². The van der Waals surface area contributed by atoms with Gasteiger partial charge in [-0.25, -0.2) is 4.98 Å². The lowest BCUT2D eigenvalue weighted by atomic mass is 9.92. The molecule has 0 spiro atoms. The molecule has 0 aliphatic carbocycles. The SMILES string of the molecule is CC(N)C1CCCN(C(=O)Cc2csc(-c3cccnc3)n2)C1.Cl.Cl. The molecule has 2 aromatic heterocycles. The van der Waals surface area contributed by atoms with E-state index < -0.39 is 0 Å². The minimum Gasteiger partial charge on any atom is -0.342 e. The molecule has 1 amide bonds. The van der Waals surface area contributed by atoms with Crippen molar-refractivity contribution >= 4 is 42.1 Å². The lowest BCUT2D eigenvalue weighted by Gasteiger charge is -2.34. The third kappa shape index (κ3) is 5.64. The molecule has 0 aromatic carbocycles. The molecule has 0 saturated carbocycles. The third-order valence-corrected chi connectivity index (χ3v) is 5.29. The number of nitrogens with two attached hydrogens (primary N) is 1. The van der Waals surface area contributed by atoms with Crippen molar-refractivity contribution in [1.29, 1.82) is 0 Å². The molecule has 1 saturated heterocycles. The van der Waals surface area contributed by atoms with Crippen LogP contribution >= 0.6 is 36.2 Å². The summed E-state index contributed by atoms with van der Waals surface area (Å²) in [4.78, 5) is 23.1. The first-order chi connectivity index (χ1) is 11.1. The standard InChI is InChI=1S/C17H22N4OS.2ClH/c1-12(18)14-5-3-7-21(10-14)16(22)8-15-11-23-17(20-15)13-4-2-6-19-9-13;;/h2,4,6,9,11-12,14H,3,5,7-8,10,18H2,1H3;2*1H. The van der Waals surface area contributed by atoms with Gasteiger partial charge in [-0.05, 0) is 37.8 Å². The van der Waals surface area contributed by atoms with Crippen LogP contribution in [0.15, 0.2) is 29.9 Å². The van der Waals surface area contributed by atoms with Gasteiger partial charge in [0.1, 0.15) is 5.01 Å². The Morgan fingerprint density at radius 3 is 2.96 bits per heavy atom. The molecule has 3 rings (SSSR count). The van der Waals surface area contributed by atoms with E-state index in [9.17, 15) is 4.79 Å². The van der Waals surface area contributed by atoms with Gasteiger partial charge in [-0.15, -0.1) is 36.2 Å². The first-order valence-corrected chi connectivity index (χ1v) is 8.89. The summed E-state index contributed by atoms with van der Waals surface area (Å²) in [5, 5.41) is 2.88. The van der Waals surface area contributed by atoms with E-state index >= 15 is 0 Å². The second-order valence-electron chi connectivity index (χ2n) is 6.16. The molecule has 1 fully saturated rings. The van der Waals surface area contributed by atoms with Gasteiger partial charge in [0.2, 0.25) is 5.91 Å². The maximum atomic E-state index is 12.5. The summed E-state index contributed by atoms with van der Waals surface area (Å²) in [6.07, 6.45) is 6.05. The number of likely N-dealkylation sites (tertiary alicyclic amines) is 1. The number of pyridine rings is 1. The first-order valence-electron chi connectivity index (χ1n) is 8.01. The van der Waals surface area contributed by atoms with Crippen LogP contribution in [-0.2, 0) is 11.2 Å². The molecule has 1 aliphatic heterocycles. The Kier molecular flexibility index (Phi) is 8.79. The highest BCUT2D eigenvalue weighted by Gasteiger charge is 2.26. The molecule has 5 nitrogen and oxygen atoms in total. The summed E-state index contributed by atoms with van der Waals surface area (Å²) in [7, 11) is 0. The quantitative estimate of drug-likeness (QED) is 0.851. The molecule has 8 heteroatoms. The average Bonchev–Trinajstić information content (AvgIpc) is 3.04. The normalized spacial score (nSPS) is 18.0. The van der Waals surface area contributed by atoms with E-state index in [0.29, 0.717) is 12.3 Å². The van der Waals surface area contributed by atoms with Crippen LogP contribution in [0.3, 0.4) is 0 Å². The minimum absolute atomic E-state index is 0. The van der Waals surface area contributed by atoms with Gasteiger partial charge >= 0.3 is 0 Å². The topological polar surface area (TPSA) is 72.1 Å². The Hall–Kier alpha value is -1.21. The smallest absolute Gasteiger partial charge is 0.228 e. The van der Waals surface area contributed by atoms with E-state index in [2.05, 4.69) is 9.97 Å². The van der Waals surface area contributed by atoms with Crippen molar-refractivity contribution in [3.05, 3.63) is 35.6 Å². The lowest BCUT2D eigenvalue weighted by Crippen LogP contribution is -2.45.